The summed E-state index contributed by atoms with van der Waals surface area (Å²) in [6, 6.07) is 1.11. The van der Waals surface area contributed by atoms with Crippen molar-refractivity contribution < 1.29 is 14.7 Å². The molecule has 2 heterocycles. The minimum Gasteiger partial charge on any atom is -0.481 e. The molecule has 3 atom stereocenters. The van der Waals surface area contributed by atoms with E-state index >= 15 is 0 Å². The number of rotatable bonds is 4. The minimum atomic E-state index is -0.745. The summed E-state index contributed by atoms with van der Waals surface area (Å²) in [7, 11) is 3.89. The fourth-order valence-electron chi connectivity index (χ4n) is 2.69. The van der Waals surface area contributed by atoms with Crippen molar-refractivity contribution in [3.8, 4) is 0 Å². The molecule has 2 amide bonds. The zero-order chi connectivity index (χ0) is 15.3. The molecule has 20 heavy (non-hydrogen) atoms. The highest BCUT2D eigenvalue weighted by Crippen LogP contribution is 2.39. The van der Waals surface area contributed by atoms with Crippen molar-refractivity contribution in [3.63, 3.8) is 0 Å². The van der Waals surface area contributed by atoms with Gasteiger partial charge in [0.15, 0.2) is 0 Å². The zero-order valence-electron chi connectivity index (χ0n) is 12.8. The van der Waals surface area contributed by atoms with Gasteiger partial charge in [0.05, 0.1) is 12.1 Å². The van der Waals surface area contributed by atoms with Gasteiger partial charge in [-0.15, -0.1) is 0 Å². The molecule has 116 valence electrons. The Bertz CT molecular complexity index is 351. The molecule has 1 N–H and O–H groups in total. The van der Waals surface area contributed by atoms with E-state index in [9.17, 15) is 9.59 Å². The van der Waals surface area contributed by atoms with Gasteiger partial charge >= 0.3 is 12.0 Å². The first-order valence-electron chi connectivity index (χ1n) is 7.27. The van der Waals surface area contributed by atoms with E-state index in [0.29, 0.717) is 17.3 Å². The third-order valence-corrected chi connectivity index (χ3v) is 5.43. The van der Waals surface area contributed by atoms with Crippen LogP contribution in [0, 0.1) is 0 Å². The number of thioether (sulfide) groups is 1. The molecule has 6 heteroatoms. The number of hydrogen-bond acceptors (Lipinski definition) is 3. The van der Waals surface area contributed by atoms with Crippen molar-refractivity contribution in [1.82, 2.24) is 9.80 Å². The summed E-state index contributed by atoms with van der Waals surface area (Å²) in [5, 5.41) is 8.38. The van der Waals surface area contributed by atoms with Crippen molar-refractivity contribution in [2.75, 3.05) is 19.8 Å². The van der Waals surface area contributed by atoms with Gasteiger partial charge in [-0.2, -0.15) is 11.8 Å². The fraction of sp³-hybridized carbons (Fsp3) is 0.857. The van der Waals surface area contributed by atoms with E-state index in [0.717, 1.165) is 5.75 Å². The molecular weight excluding hydrogens is 276 g/mol. The van der Waals surface area contributed by atoms with E-state index in [2.05, 4.69) is 6.92 Å². The second-order valence-corrected chi connectivity index (χ2v) is 6.60. The average Bonchev–Trinajstić information content (AvgIpc) is 2.94. The Morgan fingerprint density at radius 1 is 1.35 bits per heavy atom. The summed E-state index contributed by atoms with van der Waals surface area (Å²) < 4.78 is 0. The number of urea groups is 1. The molecule has 0 spiro atoms. The lowest BCUT2D eigenvalue weighted by Crippen LogP contribution is -2.38. The summed E-state index contributed by atoms with van der Waals surface area (Å²) in [6.45, 7) is 3.83. The molecule has 2 aliphatic heterocycles. The van der Waals surface area contributed by atoms with Gasteiger partial charge in [0.1, 0.15) is 0 Å². The average molecular weight is 302 g/mol. The quantitative estimate of drug-likeness (QED) is 0.811. The first-order chi connectivity index (χ1) is 9.43. The molecule has 2 rings (SSSR count). The van der Waals surface area contributed by atoms with Crippen molar-refractivity contribution in [1.29, 1.82) is 0 Å². The van der Waals surface area contributed by atoms with Gasteiger partial charge in [-0.25, -0.2) is 4.79 Å². The molecule has 0 saturated carbocycles. The first-order valence-corrected chi connectivity index (χ1v) is 8.31. The van der Waals surface area contributed by atoms with Crippen molar-refractivity contribution in [3.05, 3.63) is 0 Å². The van der Waals surface area contributed by atoms with Crippen LogP contribution >= 0.6 is 11.8 Å². The smallest absolute Gasteiger partial charge is 0.320 e. The SMILES string of the molecule is CCC(=O)O.CCCCC1SCC2C1N(C)C(=O)N2C. The summed E-state index contributed by atoms with van der Waals surface area (Å²) in [5.74, 6) is 0.371. The van der Waals surface area contributed by atoms with Gasteiger partial charge in [0, 0.05) is 31.5 Å². The number of carbonyl (C=O) groups is 2. The molecule has 3 unspecified atom stereocenters. The van der Waals surface area contributed by atoms with Crippen LogP contribution in [0.15, 0.2) is 0 Å². The lowest BCUT2D eigenvalue weighted by molar-refractivity contribution is -0.136. The monoisotopic (exact) mass is 302 g/mol. The van der Waals surface area contributed by atoms with Gasteiger partial charge in [-0.3, -0.25) is 4.79 Å². The number of hydrogen-bond donors (Lipinski definition) is 1. The molecular formula is C14H26N2O3S. The number of carbonyl (C=O) groups excluding carboxylic acids is 1. The molecule has 0 aromatic heterocycles. The van der Waals surface area contributed by atoms with E-state index in [1.165, 1.54) is 19.3 Å². The van der Waals surface area contributed by atoms with Gasteiger partial charge in [-0.1, -0.05) is 26.7 Å². The van der Waals surface area contributed by atoms with Gasteiger partial charge in [-0.05, 0) is 6.42 Å². The number of fused-ring (bicyclic) bond motifs is 1. The lowest BCUT2D eigenvalue weighted by Gasteiger charge is -2.23. The van der Waals surface area contributed by atoms with Crippen molar-refractivity contribution in [2.45, 2.75) is 56.9 Å². The topological polar surface area (TPSA) is 60.9 Å². The van der Waals surface area contributed by atoms with Crippen LogP contribution in [0.3, 0.4) is 0 Å². The third-order valence-electron chi connectivity index (χ3n) is 3.95. The Morgan fingerprint density at radius 2 is 1.95 bits per heavy atom. The maximum atomic E-state index is 11.8. The maximum absolute atomic E-state index is 11.8. The van der Waals surface area contributed by atoms with E-state index in [1.54, 1.807) is 6.92 Å². The highest BCUT2D eigenvalue weighted by atomic mass is 32.2. The minimum absolute atomic E-state index is 0.201. The van der Waals surface area contributed by atoms with Gasteiger partial charge in [0.25, 0.3) is 0 Å². The standard InChI is InChI=1S/C11H20N2OS.C3H6O2/c1-4-5-6-9-10-8(7-15-9)12(2)11(14)13(10)3;1-2-3(4)5/h8-10H,4-7H2,1-3H3;2H2,1H3,(H,4,5). The predicted molar refractivity (Wildman–Crippen MR) is 82.2 cm³/mol. The Balaban J connectivity index is 0.000000347. The molecule has 2 aliphatic rings. The second kappa shape index (κ2) is 7.76. The van der Waals surface area contributed by atoms with E-state index in [1.807, 2.05) is 35.7 Å². The van der Waals surface area contributed by atoms with Crippen LogP contribution in [0.1, 0.15) is 39.5 Å². The van der Waals surface area contributed by atoms with Crippen LogP contribution in [0.4, 0.5) is 4.79 Å². The molecule has 0 aliphatic carbocycles. The van der Waals surface area contributed by atoms with E-state index in [-0.39, 0.29) is 12.5 Å². The van der Waals surface area contributed by atoms with Crippen molar-refractivity contribution in [2.24, 2.45) is 0 Å². The number of carboxylic acids is 1. The normalized spacial score (nSPS) is 28.2. The largest absolute Gasteiger partial charge is 0.481 e. The van der Waals surface area contributed by atoms with Crippen LogP contribution in [-0.4, -0.2) is 64.1 Å². The second-order valence-electron chi connectivity index (χ2n) is 5.32. The third kappa shape index (κ3) is 3.81. The first kappa shape index (κ1) is 17.1. The Labute approximate surface area is 125 Å². The highest BCUT2D eigenvalue weighted by molar-refractivity contribution is 8.00. The molecule has 2 fully saturated rings. The van der Waals surface area contributed by atoms with Crippen LogP contribution in [0.2, 0.25) is 0 Å². The fourth-order valence-corrected chi connectivity index (χ4v) is 4.45. The number of likely N-dealkylation sites (N-methyl/N-ethyl adjacent to an activating group) is 2. The van der Waals surface area contributed by atoms with E-state index < -0.39 is 5.97 Å². The maximum Gasteiger partial charge on any atom is 0.320 e. The van der Waals surface area contributed by atoms with Gasteiger partial charge < -0.3 is 14.9 Å². The molecule has 0 radical (unpaired) electrons. The van der Waals surface area contributed by atoms with Crippen LogP contribution in [0.25, 0.3) is 0 Å². The molecule has 0 bridgehead atoms. The number of nitrogens with zero attached hydrogens (tertiary/aromatic N) is 2. The molecule has 0 aromatic carbocycles. The zero-order valence-corrected chi connectivity index (χ0v) is 13.7. The Kier molecular flexibility index (Phi) is 6.65. The van der Waals surface area contributed by atoms with Crippen molar-refractivity contribution >= 4 is 23.8 Å². The summed E-state index contributed by atoms with van der Waals surface area (Å²) in [6.07, 6.45) is 4.02. The summed E-state index contributed by atoms with van der Waals surface area (Å²) in [4.78, 5) is 25.0. The number of aliphatic carboxylic acids is 1. The molecule has 2 saturated heterocycles. The number of carboxylic acid groups (broad SMARTS) is 1. The predicted octanol–water partition coefficient (Wildman–Crippen LogP) is 2.51. The number of unbranched alkanes of at least 4 members (excludes halogenated alkanes) is 1. The Morgan fingerprint density at radius 3 is 2.45 bits per heavy atom. The van der Waals surface area contributed by atoms with Gasteiger partial charge in [0.2, 0.25) is 0 Å². The van der Waals surface area contributed by atoms with Crippen LogP contribution in [0.5, 0.6) is 0 Å². The van der Waals surface area contributed by atoms with Crippen LogP contribution in [-0.2, 0) is 4.79 Å². The molecule has 0 aromatic rings. The highest BCUT2D eigenvalue weighted by Gasteiger charge is 2.49. The number of amides is 2. The van der Waals surface area contributed by atoms with Crippen LogP contribution < -0.4 is 0 Å². The Hall–Kier alpha value is -0.910. The molecule has 5 nitrogen and oxygen atoms in total. The summed E-state index contributed by atoms with van der Waals surface area (Å²) >= 11 is 2.05. The van der Waals surface area contributed by atoms with E-state index in [4.69, 9.17) is 5.11 Å². The lowest BCUT2D eigenvalue weighted by atomic mass is 10.0. The summed E-state index contributed by atoms with van der Waals surface area (Å²) in [5.41, 5.74) is 0.